The molecule has 0 spiro atoms. The zero-order chi connectivity index (χ0) is 14.5. The number of likely N-dealkylation sites (N-methyl/N-ethyl adjacent to an activating group) is 1. The highest BCUT2D eigenvalue weighted by Gasteiger charge is 2.35. The van der Waals surface area contributed by atoms with Crippen LogP contribution in [0, 0.1) is 5.92 Å². The van der Waals surface area contributed by atoms with Crippen LogP contribution in [0.5, 0.6) is 0 Å². The van der Waals surface area contributed by atoms with Crippen molar-refractivity contribution in [1.29, 1.82) is 0 Å². The third-order valence-corrected chi connectivity index (χ3v) is 4.74. The molecule has 0 saturated heterocycles. The van der Waals surface area contributed by atoms with Crippen molar-refractivity contribution >= 4 is 5.91 Å². The van der Waals surface area contributed by atoms with Crippen LogP contribution in [-0.4, -0.2) is 42.5 Å². The molecular weight excluding hydrogens is 238 g/mol. The summed E-state index contributed by atoms with van der Waals surface area (Å²) in [4.78, 5) is 14.3. The van der Waals surface area contributed by atoms with Crippen LogP contribution in [0.25, 0.3) is 0 Å². The Morgan fingerprint density at radius 1 is 1.26 bits per heavy atom. The maximum absolute atomic E-state index is 12.1. The first-order chi connectivity index (χ1) is 8.91. The predicted molar refractivity (Wildman–Crippen MR) is 79.9 cm³/mol. The predicted octanol–water partition coefficient (Wildman–Crippen LogP) is 1.74. The molecule has 19 heavy (non-hydrogen) atoms. The molecule has 4 nitrogen and oxygen atoms in total. The summed E-state index contributed by atoms with van der Waals surface area (Å²) in [7, 11) is 2.04. The minimum absolute atomic E-state index is 0.0384. The number of hydrogen-bond donors (Lipinski definition) is 2. The Hall–Kier alpha value is -0.610. The van der Waals surface area contributed by atoms with E-state index in [1.54, 1.807) is 0 Å². The number of nitrogens with one attached hydrogen (secondary N) is 1. The lowest BCUT2D eigenvalue weighted by atomic mass is 9.80. The van der Waals surface area contributed by atoms with E-state index in [1.165, 1.54) is 19.3 Å². The molecule has 0 bridgehead atoms. The molecular formula is C15H31N3O. The summed E-state index contributed by atoms with van der Waals surface area (Å²) < 4.78 is 0. The number of amides is 1. The van der Waals surface area contributed by atoms with Gasteiger partial charge >= 0.3 is 0 Å². The first-order valence-electron chi connectivity index (χ1n) is 7.62. The van der Waals surface area contributed by atoms with Crippen molar-refractivity contribution in [2.45, 2.75) is 64.5 Å². The minimum Gasteiger partial charge on any atom is -0.352 e. The number of carbonyl (C=O) groups excluding carboxylic acids is 1. The van der Waals surface area contributed by atoms with Crippen molar-refractivity contribution in [2.24, 2.45) is 11.7 Å². The fourth-order valence-corrected chi connectivity index (χ4v) is 2.80. The molecule has 4 heteroatoms. The van der Waals surface area contributed by atoms with Gasteiger partial charge in [-0.3, -0.25) is 9.69 Å². The monoisotopic (exact) mass is 269 g/mol. The number of nitrogens with two attached hydrogens (primary N) is 1. The molecule has 112 valence electrons. The topological polar surface area (TPSA) is 58.4 Å². The molecule has 0 aromatic heterocycles. The molecule has 1 saturated carbocycles. The van der Waals surface area contributed by atoms with Gasteiger partial charge in [-0.2, -0.15) is 0 Å². The van der Waals surface area contributed by atoms with Crippen LogP contribution >= 0.6 is 0 Å². The van der Waals surface area contributed by atoms with Crippen LogP contribution in [0.2, 0.25) is 0 Å². The van der Waals surface area contributed by atoms with E-state index in [4.69, 9.17) is 5.73 Å². The van der Waals surface area contributed by atoms with Crippen LogP contribution in [0.1, 0.15) is 52.9 Å². The van der Waals surface area contributed by atoms with Gasteiger partial charge in [-0.25, -0.2) is 0 Å². The highest BCUT2D eigenvalue weighted by Crippen LogP contribution is 2.31. The molecule has 1 amide bonds. The van der Waals surface area contributed by atoms with Crippen molar-refractivity contribution in [3.8, 4) is 0 Å². The standard InChI is InChI=1S/C15H31N3O/c1-12(2)13(3)17-14(19)10-18(4)15(11-16)8-6-5-7-9-15/h12-13H,5-11,16H2,1-4H3,(H,17,19). The molecule has 1 aliphatic carbocycles. The lowest BCUT2D eigenvalue weighted by Crippen LogP contribution is -2.56. The Labute approximate surface area is 118 Å². The smallest absolute Gasteiger partial charge is 0.234 e. The second-order valence-corrected chi connectivity index (χ2v) is 6.45. The molecule has 1 aliphatic rings. The maximum atomic E-state index is 12.1. The zero-order valence-electron chi connectivity index (χ0n) is 13.0. The number of rotatable bonds is 6. The van der Waals surface area contributed by atoms with Crippen LogP contribution in [0.3, 0.4) is 0 Å². The largest absolute Gasteiger partial charge is 0.352 e. The second kappa shape index (κ2) is 7.25. The molecule has 1 rings (SSSR count). The van der Waals surface area contributed by atoms with Crippen LogP contribution in [-0.2, 0) is 4.79 Å². The summed E-state index contributed by atoms with van der Waals surface area (Å²) in [5.41, 5.74) is 6.03. The normalized spacial score (nSPS) is 20.6. The lowest BCUT2D eigenvalue weighted by Gasteiger charge is -2.43. The van der Waals surface area contributed by atoms with Crippen molar-refractivity contribution in [1.82, 2.24) is 10.2 Å². The van der Waals surface area contributed by atoms with Crippen molar-refractivity contribution < 1.29 is 4.79 Å². The van der Waals surface area contributed by atoms with Crippen molar-refractivity contribution in [3.63, 3.8) is 0 Å². The van der Waals surface area contributed by atoms with Gasteiger partial charge in [-0.1, -0.05) is 33.1 Å². The van der Waals surface area contributed by atoms with Gasteiger partial charge in [0.05, 0.1) is 6.54 Å². The molecule has 3 N–H and O–H groups in total. The first-order valence-corrected chi connectivity index (χ1v) is 7.62. The molecule has 0 aromatic carbocycles. The van der Waals surface area contributed by atoms with Gasteiger partial charge < -0.3 is 11.1 Å². The van der Waals surface area contributed by atoms with Gasteiger partial charge in [-0.05, 0) is 32.7 Å². The summed E-state index contributed by atoms with van der Waals surface area (Å²) in [5.74, 6) is 0.578. The number of carbonyl (C=O) groups is 1. The minimum atomic E-state index is 0.0384. The summed E-state index contributed by atoms with van der Waals surface area (Å²) in [6, 6.07) is 0.223. The van der Waals surface area contributed by atoms with Crippen LogP contribution < -0.4 is 11.1 Å². The Morgan fingerprint density at radius 2 is 1.84 bits per heavy atom. The summed E-state index contributed by atoms with van der Waals surface area (Å²) in [5, 5.41) is 3.07. The third-order valence-electron chi connectivity index (χ3n) is 4.74. The van der Waals surface area contributed by atoms with E-state index in [0.717, 1.165) is 12.8 Å². The van der Waals surface area contributed by atoms with Gasteiger partial charge in [0.25, 0.3) is 0 Å². The Morgan fingerprint density at radius 3 is 2.32 bits per heavy atom. The quantitative estimate of drug-likeness (QED) is 0.772. The van der Waals surface area contributed by atoms with Gasteiger partial charge in [0.1, 0.15) is 0 Å². The number of nitrogens with zero attached hydrogens (tertiary/aromatic N) is 1. The van der Waals surface area contributed by atoms with Crippen LogP contribution in [0.15, 0.2) is 0 Å². The van der Waals surface area contributed by atoms with Gasteiger partial charge in [0.2, 0.25) is 5.91 Å². The second-order valence-electron chi connectivity index (χ2n) is 6.45. The van der Waals surface area contributed by atoms with E-state index >= 15 is 0 Å². The SMILES string of the molecule is CC(C)C(C)NC(=O)CN(C)C1(CN)CCCCC1. The lowest BCUT2D eigenvalue weighted by molar-refractivity contribution is -0.124. The van der Waals surface area contributed by atoms with E-state index < -0.39 is 0 Å². The maximum Gasteiger partial charge on any atom is 0.234 e. The molecule has 0 aliphatic heterocycles. The Balaban J connectivity index is 2.52. The van der Waals surface area contributed by atoms with Crippen molar-refractivity contribution in [3.05, 3.63) is 0 Å². The van der Waals surface area contributed by atoms with Crippen LogP contribution in [0.4, 0.5) is 0 Å². The average Bonchev–Trinajstić information content (AvgIpc) is 2.39. The summed E-state index contributed by atoms with van der Waals surface area (Å²) in [6.45, 7) is 7.40. The molecule has 1 fully saturated rings. The average molecular weight is 269 g/mol. The molecule has 1 unspecified atom stereocenters. The van der Waals surface area contributed by atoms with E-state index in [0.29, 0.717) is 19.0 Å². The Bertz CT molecular complexity index is 285. The molecule has 1 atom stereocenters. The Kier molecular flexibility index (Phi) is 6.27. The third kappa shape index (κ3) is 4.46. The van der Waals surface area contributed by atoms with E-state index in [9.17, 15) is 4.79 Å². The first kappa shape index (κ1) is 16.4. The molecule has 0 heterocycles. The van der Waals surface area contributed by atoms with Gasteiger partial charge in [0.15, 0.2) is 0 Å². The van der Waals surface area contributed by atoms with E-state index in [1.807, 2.05) is 7.05 Å². The summed E-state index contributed by atoms with van der Waals surface area (Å²) in [6.07, 6.45) is 5.99. The fraction of sp³-hybridized carbons (Fsp3) is 0.933. The zero-order valence-corrected chi connectivity index (χ0v) is 13.0. The van der Waals surface area contributed by atoms with E-state index in [-0.39, 0.29) is 17.5 Å². The van der Waals surface area contributed by atoms with Gasteiger partial charge in [-0.15, -0.1) is 0 Å². The number of hydrogen-bond acceptors (Lipinski definition) is 3. The molecule has 0 radical (unpaired) electrons. The highest BCUT2D eigenvalue weighted by atomic mass is 16.2. The fourth-order valence-electron chi connectivity index (χ4n) is 2.80. The highest BCUT2D eigenvalue weighted by molar-refractivity contribution is 5.78. The van der Waals surface area contributed by atoms with Gasteiger partial charge in [0, 0.05) is 18.1 Å². The van der Waals surface area contributed by atoms with Crippen molar-refractivity contribution in [2.75, 3.05) is 20.1 Å². The summed E-state index contributed by atoms with van der Waals surface area (Å²) >= 11 is 0. The molecule has 0 aromatic rings. The van der Waals surface area contributed by atoms with E-state index in [2.05, 4.69) is 31.0 Å².